The fourth-order valence-electron chi connectivity index (χ4n) is 0.818. The lowest BCUT2D eigenvalue weighted by Crippen LogP contribution is -2.35. The summed E-state index contributed by atoms with van der Waals surface area (Å²) < 4.78 is 0. The molecular formula is C14H25ClN4O3. The van der Waals surface area contributed by atoms with E-state index in [9.17, 15) is 14.4 Å². The summed E-state index contributed by atoms with van der Waals surface area (Å²) in [7, 11) is 0. The summed E-state index contributed by atoms with van der Waals surface area (Å²) in [6.45, 7) is 13.0. The third kappa shape index (κ3) is 17.9. The Labute approximate surface area is 137 Å². The Morgan fingerprint density at radius 3 is 1.82 bits per heavy atom. The van der Waals surface area contributed by atoms with Gasteiger partial charge in [0.2, 0.25) is 17.7 Å². The largest absolute Gasteiger partial charge is 0.352 e. The molecule has 7 nitrogen and oxygen atoms in total. The summed E-state index contributed by atoms with van der Waals surface area (Å²) >= 11 is 0. The van der Waals surface area contributed by atoms with Crippen molar-refractivity contribution in [3.63, 3.8) is 0 Å². The molecule has 0 radical (unpaired) electrons. The second-order valence-electron chi connectivity index (χ2n) is 3.85. The molecule has 0 aliphatic carbocycles. The smallest absolute Gasteiger partial charge is 0.246 e. The third-order valence-corrected chi connectivity index (χ3v) is 1.95. The molecule has 0 aromatic heterocycles. The van der Waals surface area contributed by atoms with Crippen molar-refractivity contribution in [2.45, 2.75) is 13.3 Å². The lowest BCUT2D eigenvalue weighted by molar-refractivity contribution is -0.118. The number of hydrogen-bond acceptors (Lipinski definition) is 4. The number of nitrogens with one attached hydrogen (secondary N) is 3. The summed E-state index contributed by atoms with van der Waals surface area (Å²) in [4.78, 5) is 31.7. The first-order chi connectivity index (χ1) is 9.88. The Morgan fingerprint density at radius 2 is 1.50 bits per heavy atom. The van der Waals surface area contributed by atoms with E-state index < -0.39 is 0 Å². The van der Waals surface area contributed by atoms with Crippen LogP contribution in [0, 0.1) is 0 Å². The SMILES string of the molecule is C=C(C)C(=O)NCCCN.C=CC(=O)NCNC(=O)C=C.Cl. The highest BCUT2D eigenvalue weighted by Gasteiger charge is 1.97. The van der Waals surface area contributed by atoms with E-state index >= 15 is 0 Å². The number of hydrogen-bond donors (Lipinski definition) is 4. The third-order valence-electron chi connectivity index (χ3n) is 1.95. The molecule has 3 amide bonds. The van der Waals surface area contributed by atoms with E-state index in [1.165, 1.54) is 0 Å². The van der Waals surface area contributed by atoms with Crippen molar-refractivity contribution in [3.8, 4) is 0 Å². The van der Waals surface area contributed by atoms with E-state index in [0.717, 1.165) is 18.6 Å². The minimum Gasteiger partial charge on any atom is -0.352 e. The normalized spacial score (nSPS) is 8.09. The predicted molar refractivity (Wildman–Crippen MR) is 90.3 cm³/mol. The Morgan fingerprint density at radius 1 is 1.05 bits per heavy atom. The molecule has 0 spiro atoms. The molecule has 8 heteroatoms. The number of nitrogens with two attached hydrogens (primary N) is 1. The molecule has 0 fully saturated rings. The van der Waals surface area contributed by atoms with Crippen molar-refractivity contribution >= 4 is 30.1 Å². The summed E-state index contributed by atoms with van der Waals surface area (Å²) in [6, 6.07) is 0. The quantitative estimate of drug-likeness (QED) is 0.284. The highest BCUT2D eigenvalue weighted by molar-refractivity contribution is 5.92. The zero-order valence-electron chi connectivity index (χ0n) is 12.8. The van der Waals surface area contributed by atoms with E-state index in [4.69, 9.17) is 5.73 Å². The molecule has 126 valence electrons. The molecule has 0 atom stereocenters. The molecule has 0 aliphatic heterocycles. The second-order valence-corrected chi connectivity index (χ2v) is 3.85. The van der Waals surface area contributed by atoms with Gasteiger partial charge in [0.05, 0.1) is 6.67 Å². The Kier molecular flexibility index (Phi) is 19.1. The number of rotatable bonds is 8. The van der Waals surface area contributed by atoms with Crippen LogP contribution < -0.4 is 21.7 Å². The molecule has 0 aromatic rings. The standard InChI is InChI=1S/C7H10N2O2.C7H14N2O.ClH/c1-3-6(10)8-5-9-7(11)4-2;1-6(2)7(10)9-5-3-4-8;/h3-4H,1-2,5H2,(H,8,10)(H,9,11);1,3-5,8H2,2H3,(H,9,10);1H. The zero-order chi connectivity index (χ0) is 16.7. The fraction of sp³-hybridized carbons (Fsp3) is 0.357. The Hall–Kier alpha value is -2.12. The fourth-order valence-corrected chi connectivity index (χ4v) is 0.818. The van der Waals surface area contributed by atoms with Gasteiger partial charge in [-0.2, -0.15) is 0 Å². The summed E-state index contributed by atoms with van der Waals surface area (Å²) in [6.07, 6.45) is 3.07. The van der Waals surface area contributed by atoms with Crippen LogP contribution in [0.5, 0.6) is 0 Å². The lowest BCUT2D eigenvalue weighted by Gasteiger charge is -2.01. The van der Waals surface area contributed by atoms with Crippen molar-refractivity contribution < 1.29 is 14.4 Å². The van der Waals surface area contributed by atoms with E-state index in [2.05, 4.69) is 35.7 Å². The van der Waals surface area contributed by atoms with Gasteiger partial charge in [-0.25, -0.2) is 0 Å². The molecule has 0 unspecified atom stereocenters. The molecule has 0 heterocycles. The number of halogens is 1. The molecule has 0 aromatic carbocycles. The van der Waals surface area contributed by atoms with Crippen LogP contribution in [-0.4, -0.2) is 37.5 Å². The Bertz CT molecular complexity index is 378. The topological polar surface area (TPSA) is 113 Å². The second kappa shape index (κ2) is 16.9. The summed E-state index contributed by atoms with van der Waals surface area (Å²) in [5, 5.41) is 7.39. The van der Waals surface area contributed by atoms with Gasteiger partial charge in [-0.1, -0.05) is 19.7 Å². The maximum atomic E-state index is 10.8. The first-order valence-corrected chi connectivity index (χ1v) is 6.33. The van der Waals surface area contributed by atoms with Gasteiger partial charge < -0.3 is 21.7 Å². The van der Waals surface area contributed by atoms with Crippen molar-refractivity contribution in [3.05, 3.63) is 37.5 Å². The zero-order valence-corrected chi connectivity index (χ0v) is 13.6. The van der Waals surface area contributed by atoms with Crippen LogP contribution in [0.2, 0.25) is 0 Å². The number of amides is 3. The van der Waals surface area contributed by atoms with Crippen LogP contribution in [0.1, 0.15) is 13.3 Å². The monoisotopic (exact) mass is 332 g/mol. The number of carbonyl (C=O) groups excluding carboxylic acids is 3. The highest BCUT2D eigenvalue weighted by Crippen LogP contribution is 1.84. The van der Waals surface area contributed by atoms with Crippen molar-refractivity contribution in [1.29, 1.82) is 0 Å². The van der Waals surface area contributed by atoms with Gasteiger partial charge >= 0.3 is 0 Å². The molecule has 5 N–H and O–H groups in total. The summed E-state index contributed by atoms with van der Waals surface area (Å²) in [5.41, 5.74) is 5.76. The minimum atomic E-state index is -0.325. The molecule has 0 rings (SSSR count). The maximum Gasteiger partial charge on any atom is 0.246 e. The van der Waals surface area contributed by atoms with Crippen molar-refractivity contribution in [2.24, 2.45) is 5.73 Å². The van der Waals surface area contributed by atoms with E-state index in [1.54, 1.807) is 6.92 Å². The van der Waals surface area contributed by atoms with Gasteiger partial charge in [0.15, 0.2) is 0 Å². The van der Waals surface area contributed by atoms with Gasteiger partial charge in [-0.15, -0.1) is 12.4 Å². The lowest BCUT2D eigenvalue weighted by atomic mass is 10.3. The van der Waals surface area contributed by atoms with Crippen molar-refractivity contribution in [2.75, 3.05) is 19.8 Å². The molecule has 0 saturated heterocycles. The van der Waals surface area contributed by atoms with Crippen LogP contribution >= 0.6 is 12.4 Å². The van der Waals surface area contributed by atoms with Crippen molar-refractivity contribution in [1.82, 2.24) is 16.0 Å². The molecule has 0 bridgehead atoms. The molecule has 22 heavy (non-hydrogen) atoms. The van der Waals surface area contributed by atoms with E-state index in [0.29, 0.717) is 18.7 Å². The maximum absolute atomic E-state index is 10.8. The van der Waals surface area contributed by atoms with E-state index in [1.807, 2.05) is 0 Å². The van der Waals surface area contributed by atoms with Crippen LogP contribution in [0.15, 0.2) is 37.5 Å². The molecule has 0 saturated carbocycles. The summed E-state index contributed by atoms with van der Waals surface area (Å²) in [5.74, 6) is -0.739. The Balaban J connectivity index is -0.000000315. The van der Waals surface area contributed by atoms with E-state index in [-0.39, 0.29) is 36.8 Å². The van der Waals surface area contributed by atoms with Crippen LogP contribution in [0.3, 0.4) is 0 Å². The molecular weight excluding hydrogens is 308 g/mol. The van der Waals surface area contributed by atoms with Gasteiger partial charge in [-0.3, -0.25) is 14.4 Å². The van der Waals surface area contributed by atoms with Crippen LogP contribution in [-0.2, 0) is 14.4 Å². The van der Waals surface area contributed by atoms with Gasteiger partial charge in [0.25, 0.3) is 0 Å². The van der Waals surface area contributed by atoms with Gasteiger partial charge in [0.1, 0.15) is 0 Å². The van der Waals surface area contributed by atoms with Gasteiger partial charge in [-0.05, 0) is 32.0 Å². The predicted octanol–water partition coefficient (Wildman–Crippen LogP) is -0.00240. The average molecular weight is 333 g/mol. The minimum absolute atomic E-state index is 0. The van der Waals surface area contributed by atoms with Crippen LogP contribution in [0.25, 0.3) is 0 Å². The first kappa shape index (κ1) is 24.9. The van der Waals surface area contributed by atoms with Gasteiger partial charge in [0, 0.05) is 12.1 Å². The highest BCUT2D eigenvalue weighted by atomic mass is 35.5. The van der Waals surface area contributed by atoms with Crippen LogP contribution in [0.4, 0.5) is 0 Å². The average Bonchev–Trinajstić information content (AvgIpc) is 2.47. The molecule has 0 aliphatic rings. The number of carbonyl (C=O) groups is 3. The first-order valence-electron chi connectivity index (χ1n) is 6.33.